The lowest BCUT2D eigenvalue weighted by Crippen LogP contribution is -2.43. The summed E-state index contributed by atoms with van der Waals surface area (Å²) in [7, 11) is 5.41. The van der Waals surface area contributed by atoms with Gasteiger partial charge in [-0.15, -0.1) is 0 Å². The van der Waals surface area contributed by atoms with Gasteiger partial charge in [0.05, 0.1) is 30.2 Å². The third-order valence-electron chi connectivity index (χ3n) is 9.05. The zero-order valence-electron chi connectivity index (χ0n) is 27.8. The molecule has 14 heteroatoms. The van der Waals surface area contributed by atoms with Gasteiger partial charge >= 0.3 is 6.09 Å². The number of hydrogen-bond donors (Lipinski definition) is 5. The van der Waals surface area contributed by atoms with Crippen molar-refractivity contribution in [1.29, 1.82) is 0 Å². The van der Waals surface area contributed by atoms with Crippen LogP contribution in [0.5, 0.6) is 5.75 Å². The third-order valence-corrected chi connectivity index (χ3v) is 9.05. The van der Waals surface area contributed by atoms with Gasteiger partial charge in [-0.3, -0.25) is 14.3 Å². The number of fused-ring (bicyclic) bond motifs is 3. The fraction of sp³-hybridized carbons (Fsp3) is 0.371. The number of methoxy groups -OCH3 is 1. The monoisotopic (exact) mass is 667 g/mol. The maximum absolute atomic E-state index is 13.7. The van der Waals surface area contributed by atoms with Crippen LogP contribution in [0.2, 0.25) is 0 Å². The van der Waals surface area contributed by atoms with Crippen molar-refractivity contribution in [1.82, 2.24) is 40.6 Å². The second-order valence-electron chi connectivity index (χ2n) is 12.4. The summed E-state index contributed by atoms with van der Waals surface area (Å²) in [4.78, 5) is 49.7. The quantitative estimate of drug-likeness (QED) is 0.168. The summed E-state index contributed by atoms with van der Waals surface area (Å²) in [6.45, 7) is 1.90. The summed E-state index contributed by atoms with van der Waals surface area (Å²) in [6, 6.07) is 14.0. The molecule has 1 saturated heterocycles. The molecule has 0 saturated carbocycles. The van der Waals surface area contributed by atoms with Crippen molar-refractivity contribution >= 4 is 29.5 Å². The van der Waals surface area contributed by atoms with Gasteiger partial charge in [0.2, 0.25) is 5.95 Å². The Labute approximate surface area is 284 Å². The minimum Gasteiger partial charge on any atom is -0.495 e. The highest BCUT2D eigenvalue weighted by molar-refractivity contribution is 5.96. The number of benzene rings is 2. The molecule has 0 unspecified atom stereocenters. The first-order valence-electron chi connectivity index (χ1n) is 16.4. The lowest BCUT2D eigenvalue weighted by molar-refractivity contribution is 0.0912. The predicted octanol–water partition coefficient (Wildman–Crippen LogP) is 3.68. The van der Waals surface area contributed by atoms with E-state index in [0.717, 1.165) is 54.7 Å². The number of carbonyl (C=O) groups excluding carboxylic acids is 2. The van der Waals surface area contributed by atoms with E-state index in [1.807, 2.05) is 30.3 Å². The number of nitrogens with zero attached hydrogens (tertiary/aromatic N) is 5. The van der Waals surface area contributed by atoms with E-state index >= 15 is 0 Å². The second kappa shape index (κ2) is 14.7. The fourth-order valence-corrected chi connectivity index (χ4v) is 6.43. The van der Waals surface area contributed by atoms with Crippen molar-refractivity contribution in [2.45, 2.75) is 44.2 Å². The van der Waals surface area contributed by atoms with Gasteiger partial charge in [-0.2, -0.15) is 5.10 Å². The van der Waals surface area contributed by atoms with Crippen LogP contribution in [-0.2, 0) is 19.9 Å². The number of hydrogen-bond acceptors (Lipinski definition) is 9. The highest BCUT2D eigenvalue weighted by Gasteiger charge is 2.29. The fourth-order valence-electron chi connectivity index (χ4n) is 6.43. The molecular weight excluding hydrogens is 626 g/mol. The van der Waals surface area contributed by atoms with E-state index in [-0.39, 0.29) is 24.2 Å². The Morgan fingerprint density at radius 1 is 1.04 bits per heavy atom. The van der Waals surface area contributed by atoms with E-state index in [9.17, 15) is 19.5 Å². The number of amides is 3. The largest absolute Gasteiger partial charge is 0.495 e. The summed E-state index contributed by atoms with van der Waals surface area (Å²) in [6.07, 6.45) is 4.51. The summed E-state index contributed by atoms with van der Waals surface area (Å²) >= 11 is 0. The molecular formula is C35H41N9O5. The summed E-state index contributed by atoms with van der Waals surface area (Å²) in [5.41, 5.74) is 5.21. The average Bonchev–Trinajstić information content (AvgIpc) is 3.31. The van der Waals surface area contributed by atoms with E-state index < -0.39 is 18.0 Å². The third kappa shape index (κ3) is 7.64. The number of aryl methyl sites for hydroxylation is 2. The van der Waals surface area contributed by atoms with Crippen molar-refractivity contribution in [3.63, 3.8) is 0 Å². The van der Waals surface area contributed by atoms with E-state index in [4.69, 9.17) is 9.72 Å². The molecule has 2 aromatic carbocycles. The molecule has 2 aliphatic rings. The number of rotatable bonds is 10. The van der Waals surface area contributed by atoms with Gasteiger partial charge in [-0.05, 0) is 81.6 Å². The Balaban J connectivity index is 1.23. The molecule has 3 amide bonds. The van der Waals surface area contributed by atoms with Crippen LogP contribution in [-0.4, -0.2) is 87.5 Å². The molecule has 0 bridgehead atoms. The minimum absolute atomic E-state index is 0.00134. The topological polar surface area (TPSA) is 176 Å². The number of aromatic nitrogens is 4. The van der Waals surface area contributed by atoms with Crippen molar-refractivity contribution in [3.8, 4) is 17.1 Å². The molecule has 0 radical (unpaired) electrons. The second-order valence-corrected chi connectivity index (χ2v) is 12.4. The Hall–Kier alpha value is -5.50. The molecule has 4 aromatic rings. The molecule has 1 aliphatic carbocycles. The van der Waals surface area contributed by atoms with Crippen LogP contribution in [0.1, 0.15) is 62.8 Å². The summed E-state index contributed by atoms with van der Waals surface area (Å²) in [5, 5.41) is 25.6. The first kappa shape index (κ1) is 33.4. The first-order chi connectivity index (χ1) is 23.7. The van der Waals surface area contributed by atoms with Gasteiger partial charge in [0.15, 0.2) is 5.69 Å². The normalized spacial score (nSPS) is 15.2. The van der Waals surface area contributed by atoms with Crippen LogP contribution in [0.4, 0.5) is 16.4 Å². The maximum atomic E-state index is 13.7. The Kier molecular flexibility index (Phi) is 10.0. The number of anilines is 2. The van der Waals surface area contributed by atoms with Crippen LogP contribution in [0.25, 0.3) is 11.4 Å². The number of carbonyl (C=O) groups is 3. The molecule has 0 spiro atoms. The zero-order chi connectivity index (χ0) is 34.5. The molecule has 3 heterocycles. The smallest absolute Gasteiger partial charge is 0.404 e. The van der Waals surface area contributed by atoms with Gasteiger partial charge in [0.25, 0.3) is 11.8 Å². The number of nitrogens with one attached hydrogen (secondary N) is 4. The molecule has 1 aliphatic heterocycles. The predicted molar refractivity (Wildman–Crippen MR) is 183 cm³/mol. The summed E-state index contributed by atoms with van der Waals surface area (Å²) < 4.78 is 7.31. The first-order valence-corrected chi connectivity index (χ1v) is 16.4. The SMILES string of the molecule is COc1cc(C(=O)NC2CCN(C)CC2)ccc1Nc1ncc2c(n1)-c1c(c(C(=O)N[C@H](CNC(=O)O)c3ccccc3)nn1C)CCC2. The van der Waals surface area contributed by atoms with Crippen LogP contribution in [0.3, 0.4) is 0 Å². The Bertz CT molecular complexity index is 1840. The Morgan fingerprint density at radius 2 is 1.82 bits per heavy atom. The van der Waals surface area contributed by atoms with Crippen LogP contribution >= 0.6 is 0 Å². The number of piperidine rings is 1. The zero-order valence-corrected chi connectivity index (χ0v) is 27.8. The standard InChI is InChI=1S/C35H41N9O5/c1-43-16-14-24(15-17-43)38-32(45)22-12-13-26(28(18-22)49-3)40-34-36-19-23-10-7-11-25-30(42-44(2)31(25)29(23)41-34)33(46)39-27(20-37-35(47)48)21-8-5-4-6-9-21/h4-6,8-9,12-13,18-19,24,27,37H,7,10-11,14-17,20H2,1-3H3,(H,38,45)(H,39,46)(H,47,48)(H,36,40,41)/t27-/m1/s1. The van der Waals surface area contributed by atoms with Crippen molar-refractivity contribution in [3.05, 3.63) is 82.7 Å². The van der Waals surface area contributed by atoms with Gasteiger partial charge in [-0.25, -0.2) is 14.8 Å². The van der Waals surface area contributed by atoms with Gasteiger partial charge < -0.3 is 36.0 Å². The van der Waals surface area contributed by atoms with E-state index in [0.29, 0.717) is 41.5 Å². The van der Waals surface area contributed by atoms with Crippen LogP contribution in [0, 0.1) is 0 Å². The molecule has 6 rings (SSSR count). The molecule has 1 fully saturated rings. The molecule has 49 heavy (non-hydrogen) atoms. The minimum atomic E-state index is -1.18. The van der Waals surface area contributed by atoms with Gasteiger partial charge in [-0.1, -0.05) is 30.3 Å². The lowest BCUT2D eigenvalue weighted by Gasteiger charge is -2.29. The van der Waals surface area contributed by atoms with Crippen molar-refractivity contribution in [2.75, 3.05) is 39.1 Å². The number of carboxylic acid groups (broad SMARTS) is 1. The molecule has 2 aromatic heterocycles. The van der Waals surface area contributed by atoms with E-state index in [1.165, 1.54) is 0 Å². The van der Waals surface area contributed by atoms with E-state index in [2.05, 4.69) is 43.3 Å². The average molecular weight is 668 g/mol. The van der Waals surface area contributed by atoms with Crippen LogP contribution < -0.4 is 26.0 Å². The molecule has 14 nitrogen and oxygen atoms in total. The van der Waals surface area contributed by atoms with Gasteiger partial charge in [0, 0.05) is 37.0 Å². The van der Waals surface area contributed by atoms with Gasteiger partial charge in [0.1, 0.15) is 5.75 Å². The van der Waals surface area contributed by atoms with Crippen LogP contribution in [0.15, 0.2) is 54.7 Å². The maximum Gasteiger partial charge on any atom is 0.404 e. The highest BCUT2D eigenvalue weighted by Crippen LogP contribution is 2.35. The lowest BCUT2D eigenvalue weighted by atomic mass is 10.0. The summed E-state index contributed by atoms with van der Waals surface area (Å²) in [5.74, 6) is 0.251. The number of ether oxygens (including phenoxy) is 1. The van der Waals surface area contributed by atoms with Crippen molar-refractivity contribution in [2.24, 2.45) is 7.05 Å². The van der Waals surface area contributed by atoms with Crippen molar-refractivity contribution < 1.29 is 24.2 Å². The molecule has 256 valence electrons. The number of likely N-dealkylation sites (tertiary alicyclic amines) is 1. The van der Waals surface area contributed by atoms with E-state index in [1.54, 1.807) is 43.2 Å². The molecule has 1 atom stereocenters. The molecule has 5 N–H and O–H groups in total. The Morgan fingerprint density at radius 3 is 2.55 bits per heavy atom. The highest BCUT2D eigenvalue weighted by atomic mass is 16.5.